The summed E-state index contributed by atoms with van der Waals surface area (Å²) in [4.78, 5) is 51.2. The van der Waals surface area contributed by atoms with E-state index in [0.29, 0.717) is 5.56 Å². The standard InChI is InChI=1S/C24H37N3O6/c1-8-27(19(28)15-26-23(31)33-24(5,6)7)21(18-12-10-11-16(3)17(18)4)22(30)25-14-13-20(29)32-9-2/h10-12,21H,8-9,13-15H2,1-7H3,(H,25,30)(H,26,31). The minimum Gasteiger partial charge on any atom is -0.466 e. The van der Waals surface area contributed by atoms with Gasteiger partial charge in [-0.25, -0.2) is 4.79 Å². The number of carbonyl (C=O) groups is 4. The highest BCUT2D eigenvalue weighted by Crippen LogP contribution is 2.26. The number of carbonyl (C=O) groups excluding carboxylic acids is 4. The molecular weight excluding hydrogens is 426 g/mol. The number of rotatable bonds is 10. The fraction of sp³-hybridized carbons (Fsp3) is 0.583. The molecule has 1 rings (SSSR count). The first kappa shape index (κ1) is 27.9. The first-order valence-corrected chi connectivity index (χ1v) is 11.2. The van der Waals surface area contributed by atoms with E-state index < -0.39 is 35.5 Å². The first-order valence-electron chi connectivity index (χ1n) is 11.2. The number of nitrogens with one attached hydrogen (secondary N) is 2. The summed E-state index contributed by atoms with van der Waals surface area (Å²) in [5.74, 6) is -1.26. The van der Waals surface area contributed by atoms with Gasteiger partial charge < -0.3 is 25.0 Å². The zero-order valence-corrected chi connectivity index (χ0v) is 20.7. The van der Waals surface area contributed by atoms with Crippen molar-refractivity contribution < 1.29 is 28.7 Å². The fourth-order valence-electron chi connectivity index (χ4n) is 3.20. The van der Waals surface area contributed by atoms with Gasteiger partial charge in [-0.3, -0.25) is 14.4 Å². The normalized spacial score (nSPS) is 11.8. The molecule has 0 saturated carbocycles. The van der Waals surface area contributed by atoms with Gasteiger partial charge in [0.15, 0.2) is 0 Å². The molecule has 0 saturated heterocycles. The van der Waals surface area contributed by atoms with Crippen LogP contribution < -0.4 is 10.6 Å². The lowest BCUT2D eigenvalue weighted by Crippen LogP contribution is -2.48. The van der Waals surface area contributed by atoms with Crippen LogP contribution in [-0.2, 0) is 23.9 Å². The highest BCUT2D eigenvalue weighted by molar-refractivity contribution is 5.91. The summed E-state index contributed by atoms with van der Waals surface area (Å²) in [6.45, 7) is 12.7. The maximum absolute atomic E-state index is 13.2. The van der Waals surface area contributed by atoms with Gasteiger partial charge in [-0.2, -0.15) is 0 Å². The smallest absolute Gasteiger partial charge is 0.408 e. The van der Waals surface area contributed by atoms with Crippen LogP contribution in [0.1, 0.15) is 63.8 Å². The second kappa shape index (κ2) is 12.8. The molecule has 9 heteroatoms. The summed E-state index contributed by atoms with van der Waals surface area (Å²) in [5, 5.41) is 5.19. The van der Waals surface area contributed by atoms with Gasteiger partial charge in [-0.1, -0.05) is 18.2 Å². The number of amides is 3. The Balaban J connectivity index is 3.08. The Labute approximate surface area is 196 Å². The molecule has 3 amide bonds. The molecule has 0 aliphatic carbocycles. The number of ether oxygens (including phenoxy) is 2. The molecule has 0 aliphatic heterocycles. The lowest BCUT2D eigenvalue weighted by molar-refractivity contribution is -0.143. The monoisotopic (exact) mass is 463 g/mol. The lowest BCUT2D eigenvalue weighted by Gasteiger charge is -2.32. The van der Waals surface area contributed by atoms with E-state index in [2.05, 4.69) is 10.6 Å². The highest BCUT2D eigenvalue weighted by atomic mass is 16.6. The van der Waals surface area contributed by atoms with E-state index in [1.165, 1.54) is 4.90 Å². The van der Waals surface area contributed by atoms with E-state index in [-0.39, 0.29) is 32.7 Å². The summed E-state index contributed by atoms with van der Waals surface area (Å²) in [5.41, 5.74) is 1.84. The molecule has 1 aromatic rings. The summed E-state index contributed by atoms with van der Waals surface area (Å²) < 4.78 is 10.1. The van der Waals surface area contributed by atoms with Crippen molar-refractivity contribution in [3.05, 3.63) is 34.9 Å². The fourth-order valence-corrected chi connectivity index (χ4v) is 3.20. The number of aryl methyl sites for hydroxylation is 1. The van der Waals surface area contributed by atoms with Gasteiger partial charge in [0.2, 0.25) is 11.8 Å². The number of benzene rings is 1. The van der Waals surface area contributed by atoms with Gasteiger partial charge in [0, 0.05) is 13.1 Å². The molecule has 33 heavy (non-hydrogen) atoms. The summed E-state index contributed by atoms with van der Waals surface area (Å²) in [6, 6.07) is 4.63. The molecule has 0 radical (unpaired) electrons. The van der Waals surface area contributed by atoms with Crippen LogP contribution in [0.2, 0.25) is 0 Å². The molecule has 0 bridgehead atoms. The molecule has 0 spiro atoms. The second-order valence-electron chi connectivity index (χ2n) is 8.57. The van der Waals surface area contributed by atoms with Crippen LogP contribution in [0.25, 0.3) is 0 Å². The van der Waals surface area contributed by atoms with Gasteiger partial charge in [-0.15, -0.1) is 0 Å². The predicted molar refractivity (Wildman–Crippen MR) is 125 cm³/mol. The van der Waals surface area contributed by atoms with Crippen LogP contribution in [0.4, 0.5) is 4.79 Å². The minimum atomic E-state index is -0.926. The maximum atomic E-state index is 13.2. The van der Waals surface area contributed by atoms with E-state index in [1.54, 1.807) is 40.7 Å². The SMILES string of the molecule is CCOC(=O)CCNC(=O)C(c1cccc(C)c1C)N(CC)C(=O)CNC(=O)OC(C)(C)C. The van der Waals surface area contributed by atoms with Crippen molar-refractivity contribution in [1.29, 1.82) is 0 Å². The van der Waals surface area contributed by atoms with Crippen LogP contribution in [0, 0.1) is 13.8 Å². The van der Waals surface area contributed by atoms with Crippen LogP contribution in [-0.4, -0.2) is 60.6 Å². The average molecular weight is 464 g/mol. The Morgan fingerprint density at radius 2 is 1.73 bits per heavy atom. The second-order valence-corrected chi connectivity index (χ2v) is 8.57. The van der Waals surface area contributed by atoms with Crippen molar-refractivity contribution in [3.63, 3.8) is 0 Å². The van der Waals surface area contributed by atoms with Gasteiger partial charge >= 0.3 is 12.1 Å². The van der Waals surface area contributed by atoms with Crippen molar-refractivity contribution in [2.75, 3.05) is 26.2 Å². The van der Waals surface area contributed by atoms with Gasteiger partial charge in [0.25, 0.3) is 0 Å². The average Bonchev–Trinajstić information content (AvgIpc) is 2.71. The summed E-state index contributed by atoms with van der Waals surface area (Å²) >= 11 is 0. The van der Waals surface area contributed by atoms with E-state index in [9.17, 15) is 19.2 Å². The molecule has 0 aromatic heterocycles. The molecule has 0 aliphatic rings. The predicted octanol–water partition coefficient (Wildman–Crippen LogP) is 2.79. The van der Waals surface area contributed by atoms with Gasteiger partial charge in [-0.05, 0) is 65.2 Å². The number of nitrogens with zero attached hydrogens (tertiary/aromatic N) is 1. The number of likely N-dealkylation sites (N-methyl/N-ethyl adjacent to an activating group) is 1. The van der Waals surface area contributed by atoms with Crippen LogP contribution in [0.3, 0.4) is 0 Å². The van der Waals surface area contributed by atoms with Crippen molar-refractivity contribution in [2.45, 2.75) is 66.5 Å². The highest BCUT2D eigenvalue weighted by Gasteiger charge is 2.32. The zero-order valence-electron chi connectivity index (χ0n) is 20.7. The molecule has 2 N–H and O–H groups in total. The van der Waals surface area contributed by atoms with E-state index in [4.69, 9.17) is 9.47 Å². The Bertz CT molecular complexity index is 847. The molecule has 1 aromatic carbocycles. The van der Waals surface area contributed by atoms with Gasteiger partial charge in [0.1, 0.15) is 18.2 Å². The summed E-state index contributed by atoms with van der Waals surface area (Å²) in [6.07, 6.45) is -0.687. The minimum absolute atomic E-state index is 0.0272. The number of alkyl carbamates (subject to hydrolysis) is 1. The molecular formula is C24H37N3O6. The third kappa shape index (κ3) is 9.11. The Morgan fingerprint density at radius 1 is 1.06 bits per heavy atom. The number of hydrogen-bond donors (Lipinski definition) is 2. The Morgan fingerprint density at radius 3 is 2.30 bits per heavy atom. The first-order chi connectivity index (χ1) is 15.4. The number of hydrogen-bond acceptors (Lipinski definition) is 6. The number of esters is 1. The molecule has 1 atom stereocenters. The van der Waals surface area contributed by atoms with Gasteiger partial charge in [0.05, 0.1) is 13.0 Å². The molecule has 9 nitrogen and oxygen atoms in total. The van der Waals surface area contributed by atoms with E-state index >= 15 is 0 Å². The molecule has 184 valence electrons. The van der Waals surface area contributed by atoms with Crippen molar-refractivity contribution in [1.82, 2.24) is 15.5 Å². The Kier molecular flexibility index (Phi) is 10.8. The van der Waals surface area contributed by atoms with Crippen LogP contribution >= 0.6 is 0 Å². The van der Waals surface area contributed by atoms with E-state index in [1.807, 2.05) is 26.0 Å². The molecule has 0 fully saturated rings. The van der Waals surface area contributed by atoms with Crippen molar-refractivity contribution >= 4 is 23.9 Å². The van der Waals surface area contributed by atoms with Crippen LogP contribution in [0.5, 0.6) is 0 Å². The third-order valence-electron chi connectivity index (χ3n) is 4.88. The Hall–Kier alpha value is -3.10. The van der Waals surface area contributed by atoms with Crippen molar-refractivity contribution in [3.8, 4) is 0 Å². The third-order valence-corrected chi connectivity index (χ3v) is 4.88. The van der Waals surface area contributed by atoms with E-state index in [0.717, 1.165) is 11.1 Å². The van der Waals surface area contributed by atoms with Crippen molar-refractivity contribution in [2.24, 2.45) is 0 Å². The zero-order chi connectivity index (χ0) is 25.2. The van der Waals surface area contributed by atoms with Crippen LogP contribution in [0.15, 0.2) is 18.2 Å². The lowest BCUT2D eigenvalue weighted by atomic mass is 9.95. The maximum Gasteiger partial charge on any atom is 0.408 e. The topological polar surface area (TPSA) is 114 Å². The molecule has 0 heterocycles. The quantitative estimate of drug-likeness (QED) is 0.516. The molecule has 1 unspecified atom stereocenters. The largest absolute Gasteiger partial charge is 0.466 e. The summed E-state index contributed by atoms with van der Waals surface area (Å²) in [7, 11) is 0.